The molecule has 1 amide bonds. The molecule has 102 valence electrons. The number of hydrogen-bond donors (Lipinski definition) is 2. The van der Waals surface area contributed by atoms with Crippen molar-refractivity contribution < 1.29 is 14.3 Å². The first-order valence-corrected chi connectivity index (χ1v) is 5.44. The molecule has 1 heterocycles. The van der Waals surface area contributed by atoms with Gasteiger partial charge in [0.05, 0.1) is 17.7 Å². The fourth-order valence-electron chi connectivity index (χ4n) is 1.04. The van der Waals surface area contributed by atoms with Gasteiger partial charge in [-0.25, -0.2) is 9.37 Å². The van der Waals surface area contributed by atoms with Gasteiger partial charge in [0.25, 0.3) is 5.91 Å². The van der Waals surface area contributed by atoms with Crippen LogP contribution in [0.15, 0.2) is 18.3 Å². The molecule has 0 bridgehead atoms. The maximum atomic E-state index is 13.3. The minimum absolute atomic E-state index is 0. The Hall–Kier alpha value is -0.910. The van der Waals surface area contributed by atoms with E-state index in [0.29, 0.717) is 0 Å². The third-order valence-corrected chi connectivity index (χ3v) is 2.42. The van der Waals surface area contributed by atoms with Crippen LogP contribution in [-0.2, 0) is 0 Å². The van der Waals surface area contributed by atoms with Gasteiger partial charge in [0, 0.05) is 6.20 Å². The van der Waals surface area contributed by atoms with Crippen LogP contribution in [0.4, 0.5) is 4.39 Å². The van der Waals surface area contributed by atoms with E-state index in [1.807, 2.05) is 0 Å². The zero-order chi connectivity index (χ0) is 13.1. The number of aromatic nitrogens is 1. The maximum absolute atomic E-state index is 13.3. The van der Waals surface area contributed by atoms with E-state index < -0.39 is 17.7 Å². The number of aliphatic hydroxyl groups is 1. The van der Waals surface area contributed by atoms with Crippen LogP contribution in [0.5, 0.6) is 0 Å². The Balaban J connectivity index is 0.00000289. The van der Waals surface area contributed by atoms with E-state index in [1.54, 1.807) is 0 Å². The van der Waals surface area contributed by atoms with Gasteiger partial charge in [-0.3, -0.25) is 4.79 Å². The number of amides is 1. The van der Waals surface area contributed by atoms with Crippen molar-refractivity contribution in [2.45, 2.75) is 25.6 Å². The molecule has 1 aromatic rings. The van der Waals surface area contributed by atoms with Crippen molar-refractivity contribution in [1.82, 2.24) is 10.3 Å². The monoisotopic (exact) mass is 296 g/mol. The number of nitrogens with zero attached hydrogens (tertiary/aromatic N) is 1. The molecule has 4 nitrogen and oxygen atoms in total. The Kier molecular flexibility index (Phi) is 6.52. The highest BCUT2D eigenvalue weighted by Crippen LogP contribution is 2.11. The van der Waals surface area contributed by atoms with Crippen molar-refractivity contribution in [2.24, 2.45) is 0 Å². The molecular weight excluding hydrogens is 282 g/mol. The van der Waals surface area contributed by atoms with Crippen molar-refractivity contribution in [3.63, 3.8) is 0 Å². The topological polar surface area (TPSA) is 62.2 Å². The summed E-state index contributed by atoms with van der Waals surface area (Å²) >= 11 is 5.57. The van der Waals surface area contributed by atoms with Crippen molar-refractivity contribution >= 4 is 29.9 Å². The highest BCUT2D eigenvalue weighted by atomic mass is 35.5. The minimum Gasteiger partial charge on any atom is -0.387 e. The lowest BCUT2D eigenvalue weighted by Gasteiger charge is -2.22. The molecule has 0 spiro atoms. The zero-order valence-corrected chi connectivity index (χ0v) is 11.6. The number of rotatable bonds is 4. The summed E-state index contributed by atoms with van der Waals surface area (Å²) in [5, 5.41) is 12.0. The molecule has 0 aliphatic heterocycles. The molecule has 1 atom stereocenters. The largest absolute Gasteiger partial charge is 0.387 e. The number of halogens is 3. The number of nitrogens with one attached hydrogen (secondary N) is 1. The molecule has 0 saturated heterocycles. The Labute approximate surface area is 116 Å². The Bertz CT molecular complexity index is 393. The van der Waals surface area contributed by atoms with E-state index >= 15 is 0 Å². The van der Waals surface area contributed by atoms with Gasteiger partial charge in [-0.15, -0.1) is 12.4 Å². The van der Waals surface area contributed by atoms with Gasteiger partial charge in [0.15, 0.2) is 0 Å². The lowest BCUT2D eigenvalue weighted by molar-refractivity contribution is -0.00178. The lowest BCUT2D eigenvalue weighted by atomic mass is 10.0. The van der Waals surface area contributed by atoms with Crippen LogP contribution in [0.2, 0.25) is 5.15 Å². The number of carbonyl (C=O) groups is 1. The number of hydrogen-bond acceptors (Lipinski definition) is 3. The second kappa shape index (κ2) is 6.87. The molecular formula is C11H15Cl2FN2O2. The van der Waals surface area contributed by atoms with E-state index in [9.17, 15) is 14.3 Å². The van der Waals surface area contributed by atoms with Gasteiger partial charge in [0.1, 0.15) is 11.3 Å². The van der Waals surface area contributed by atoms with Gasteiger partial charge in [-0.1, -0.05) is 11.6 Å². The van der Waals surface area contributed by atoms with E-state index in [-0.39, 0.29) is 29.7 Å². The van der Waals surface area contributed by atoms with Gasteiger partial charge < -0.3 is 10.4 Å². The first kappa shape index (κ1) is 17.1. The Morgan fingerprint density at radius 3 is 2.67 bits per heavy atom. The van der Waals surface area contributed by atoms with Gasteiger partial charge in [-0.05, 0) is 26.0 Å². The van der Waals surface area contributed by atoms with E-state index in [4.69, 9.17) is 11.6 Å². The van der Waals surface area contributed by atoms with Crippen molar-refractivity contribution in [2.75, 3.05) is 6.54 Å². The van der Waals surface area contributed by atoms with E-state index in [0.717, 1.165) is 0 Å². The van der Waals surface area contributed by atoms with Crippen molar-refractivity contribution in [3.05, 3.63) is 29.0 Å². The molecule has 1 unspecified atom stereocenters. The SMILES string of the molecule is CC(C)(O)C(F)CNC(=O)c1ccc(Cl)nc1.Cl. The van der Waals surface area contributed by atoms with Crippen LogP contribution >= 0.6 is 24.0 Å². The third-order valence-electron chi connectivity index (χ3n) is 2.20. The van der Waals surface area contributed by atoms with Crippen molar-refractivity contribution in [3.8, 4) is 0 Å². The average molecular weight is 297 g/mol. The van der Waals surface area contributed by atoms with Crippen LogP contribution in [0.25, 0.3) is 0 Å². The Morgan fingerprint density at radius 2 is 2.22 bits per heavy atom. The molecule has 0 fully saturated rings. The maximum Gasteiger partial charge on any atom is 0.252 e. The number of alkyl halides is 1. The summed E-state index contributed by atoms with van der Waals surface area (Å²) in [6.45, 7) is 2.42. The van der Waals surface area contributed by atoms with Gasteiger partial charge in [0.2, 0.25) is 0 Å². The molecule has 0 aliphatic carbocycles. The summed E-state index contributed by atoms with van der Waals surface area (Å²) in [6, 6.07) is 2.96. The summed E-state index contributed by atoms with van der Waals surface area (Å²) in [4.78, 5) is 15.3. The van der Waals surface area contributed by atoms with E-state index in [2.05, 4.69) is 10.3 Å². The fourth-order valence-corrected chi connectivity index (χ4v) is 1.16. The molecule has 2 N–H and O–H groups in total. The molecule has 7 heteroatoms. The van der Waals surface area contributed by atoms with Gasteiger partial charge >= 0.3 is 0 Å². The van der Waals surface area contributed by atoms with E-state index in [1.165, 1.54) is 32.2 Å². The highest BCUT2D eigenvalue weighted by molar-refractivity contribution is 6.29. The van der Waals surface area contributed by atoms with Crippen LogP contribution in [-0.4, -0.2) is 34.3 Å². The summed E-state index contributed by atoms with van der Waals surface area (Å²) in [7, 11) is 0. The van der Waals surface area contributed by atoms with Crippen LogP contribution in [0.3, 0.4) is 0 Å². The van der Waals surface area contributed by atoms with Crippen LogP contribution in [0, 0.1) is 0 Å². The summed E-state index contributed by atoms with van der Waals surface area (Å²) in [6.07, 6.45) is -0.235. The molecule has 0 aromatic carbocycles. The lowest BCUT2D eigenvalue weighted by Crippen LogP contribution is -2.42. The summed E-state index contributed by atoms with van der Waals surface area (Å²) in [5.74, 6) is -0.457. The smallest absolute Gasteiger partial charge is 0.252 e. The predicted molar refractivity (Wildman–Crippen MR) is 70.0 cm³/mol. The summed E-state index contributed by atoms with van der Waals surface area (Å²) < 4.78 is 13.3. The van der Waals surface area contributed by atoms with Gasteiger partial charge in [-0.2, -0.15) is 0 Å². The molecule has 0 saturated carbocycles. The molecule has 18 heavy (non-hydrogen) atoms. The number of pyridine rings is 1. The average Bonchev–Trinajstić information content (AvgIpc) is 2.25. The molecule has 0 aliphatic rings. The molecule has 0 radical (unpaired) electrons. The second-order valence-electron chi connectivity index (χ2n) is 4.20. The Morgan fingerprint density at radius 1 is 1.61 bits per heavy atom. The van der Waals surface area contributed by atoms with Crippen molar-refractivity contribution in [1.29, 1.82) is 0 Å². The van der Waals surface area contributed by atoms with Crippen LogP contribution < -0.4 is 5.32 Å². The fraction of sp³-hybridized carbons (Fsp3) is 0.455. The molecule has 1 aromatic heterocycles. The molecule has 1 rings (SSSR count). The van der Waals surface area contributed by atoms with Crippen LogP contribution in [0.1, 0.15) is 24.2 Å². The predicted octanol–water partition coefficient (Wildman–Crippen LogP) is 2.00. The highest BCUT2D eigenvalue weighted by Gasteiger charge is 2.26. The summed E-state index contributed by atoms with van der Waals surface area (Å²) in [5.41, 5.74) is -1.19. The first-order chi connectivity index (χ1) is 7.80. The quantitative estimate of drug-likeness (QED) is 0.836. The number of carbonyl (C=O) groups excluding carboxylic acids is 1. The minimum atomic E-state index is -1.54. The standard InChI is InChI=1S/C11H14ClFN2O2.ClH/c1-11(2,17)8(13)6-15-10(16)7-3-4-9(12)14-5-7;/h3-5,8,17H,6H2,1-2H3,(H,15,16);1H. The second-order valence-corrected chi connectivity index (χ2v) is 4.59. The third kappa shape index (κ3) is 5.16. The first-order valence-electron chi connectivity index (χ1n) is 5.07. The zero-order valence-electron chi connectivity index (χ0n) is 9.98. The normalized spacial score (nSPS) is 12.5.